The predicted octanol–water partition coefficient (Wildman–Crippen LogP) is 2.39. The molecule has 1 N–H and O–H groups in total. The van der Waals surface area contributed by atoms with Crippen molar-refractivity contribution in [2.24, 2.45) is 0 Å². The van der Waals surface area contributed by atoms with Crippen molar-refractivity contribution in [3.8, 4) is 11.5 Å². The predicted molar refractivity (Wildman–Crippen MR) is 72.5 cm³/mol. The van der Waals surface area contributed by atoms with E-state index >= 15 is 0 Å². The second kappa shape index (κ2) is 7.95. The molecule has 0 bridgehead atoms. The van der Waals surface area contributed by atoms with Crippen LogP contribution in [0.1, 0.15) is 24.9 Å². The van der Waals surface area contributed by atoms with Crippen LogP contribution in [0.25, 0.3) is 0 Å². The molecule has 4 heteroatoms. The summed E-state index contributed by atoms with van der Waals surface area (Å²) in [6.45, 7) is 3.44. The van der Waals surface area contributed by atoms with E-state index in [0.29, 0.717) is 19.3 Å². The number of rotatable bonds is 8. The van der Waals surface area contributed by atoms with Crippen molar-refractivity contribution in [1.29, 1.82) is 0 Å². The molecule has 0 aliphatic carbocycles. The number of ether oxygens (including phenoxy) is 3. The molecule has 1 atom stereocenters. The van der Waals surface area contributed by atoms with Gasteiger partial charge in [-0.1, -0.05) is 6.07 Å². The van der Waals surface area contributed by atoms with Crippen LogP contribution in [0.15, 0.2) is 18.2 Å². The Morgan fingerprint density at radius 3 is 2.56 bits per heavy atom. The molecule has 102 valence electrons. The van der Waals surface area contributed by atoms with Crippen molar-refractivity contribution in [2.75, 3.05) is 34.5 Å². The fourth-order valence-corrected chi connectivity index (χ4v) is 1.62. The van der Waals surface area contributed by atoms with Gasteiger partial charge in [-0.25, -0.2) is 0 Å². The quantitative estimate of drug-likeness (QED) is 0.722. The van der Waals surface area contributed by atoms with Gasteiger partial charge in [-0.15, -0.1) is 0 Å². The Bertz CT molecular complexity index is 355. The molecule has 0 amide bonds. The first-order chi connectivity index (χ1) is 8.72. The molecule has 1 aromatic carbocycles. The maximum Gasteiger partial charge on any atom is 0.161 e. The minimum Gasteiger partial charge on any atom is -0.493 e. The Kier molecular flexibility index (Phi) is 6.54. The summed E-state index contributed by atoms with van der Waals surface area (Å²) in [6.07, 6.45) is 0.869. The minimum atomic E-state index is 0.293. The van der Waals surface area contributed by atoms with Gasteiger partial charge in [0.25, 0.3) is 0 Å². The number of hydrogen-bond acceptors (Lipinski definition) is 4. The van der Waals surface area contributed by atoms with Crippen LogP contribution in [0.4, 0.5) is 0 Å². The van der Waals surface area contributed by atoms with Gasteiger partial charge in [0.1, 0.15) is 0 Å². The average molecular weight is 253 g/mol. The summed E-state index contributed by atoms with van der Waals surface area (Å²) in [4.78, 5) is 0. The van der Waals surface area contributed by atoms with E-state index in [0.717, 1.165) is 17.9 Å². The Labute approximate surface area is 109 Å². The molecular weight excluding hydrogens is 230 g/mol. The van der Waals surface area contributed by atoms with Gasteiger partial charge in [-0.3, -0.25) is 0 Å². The van der Waals surface area contributed by atoms with Crippen LogP contribution in [0.5, 0.6) is 11.5 Å². The van der Waals surface area contributed by atoms with Crippen LogP contribution in [-0.4, -0.2) is 34.5 Å². The Balaban J connectivity index is 2.68. The minimum absolute atomic E-state index is 0.293. The van der Waals surface area contributed by atoms with Gasteiger partial charge >= 0.3 is 0 Å². The highest BCUT2D eigenvalue weighted by molar-refractivity contribution is 5.43. The maximum absolute atomic E-state index is 5.67. The van der Waals surface area contributed by atoms with Crippen LogP contribution >= 0.6 is 0 Å². The lowest BCUT2D eigenvalue weighted by molar-refractivity contribution is 0.170. The van der Waals surface area contributed by atoms with E-state index in [1.165, 1.54) is 5.56 Å². The van der Waals surface area contributed by atoms with Crippen molar-refractivity contribution < 1.29 is 14.2 Å². The molecule has 1 unspecified atom stereocenters. The van der Waals surface area contributed by atoms with Gasteiger partial charge in [0.2, 0.25) is 0 Å². The van der Waals surface area contributed by atoms with E-state index in [1.807, 2.05) is 19.2 Å². The molecule has 0 radical (unpaired) electrons. The van der Waals surface area contributed by atoms with E-state index < -0.39 is 0 Å². The van der Waals surface area contributed by atoms with Crippen molar-refractivity contribution in [1.82, 2.24) is 5.32 Å². The zero-order chi connectivity index (χ0) is 13.4. The Morgan fingerprint density at radius 2 is 1.94 bits per heavy atom. The van der Waals surface area contributed by atoms with Crippen molar-refractivity contribution in [2.45, 2.75) is 19.4 Å². The molecule has 0 aromatic heterocycles. The maximum atomic E-state index is 5.67. The summed E-state index contributed by atoms with van der Waals surface area (Å²) in [5, 5.41) is 3.20. The first kappa shape index (κ1) is 14.8. The van der Waals surface area contributed by atoms with Crippen LogP contribution in [0.2, 0.25) is 0 Å². The summed E-state index contributed by atoms with van der Waals surface area (Å²) in [7, 11) is 5.28. The molecule has 0 heterocycles. The first-order valence-corrected chi connectivity index (χ1v) is 6.19. The molecule has 1 aromatic rings. The van der Waals surface area contributed by atoms with Gasteiger partial charge in [-0.2, -0.15) is 0 Å². The van der Waals surface area contributed by atoms with E-state index in [-0.39, 0.29) is 0 Å². The molecule has 4 nitrogen and oxygen atoms in total. The third-order valence-electron chi connectivity index (χ3n) is 2.87. The van der Waals surface area contributed by atoms with Crippen LogP contribution in [0.3, 0.4) is 0 Å². The number of nitrogens with one attached hydrogen (secondary N) is 1. The van der Waals surface area contributed by atoms with Gasteiger partial charge in [0.15, 0.2) is 11.5 Å². The monoisotopic (exact) mass is 253 g/mol. The lowest BCUT2D eigenvalue weighted by atomic mass is 10.1. The van der Waals surface area contributed by atoms with E-state index in [9.17, 15) is 0 Å². The molecule has 18 heavy (non-hydrogen) atoms. The van der Waals surface area contributed by atoms with E-state index in [1.54, 1.807) is 14.2 Å². The van der Waals surface area contributed by atoms with Crippen LogP contribution in [0, 0.1) is 0 Å². The van der Waals surface area contributed by atoms with Gasteiger partial charge in [0, 0.05) is 26.2 Å². The van der Waals surface area contributed by atoms with Crippen LogP contribution in [-0.2, 0) is 4.74 Å². The average Bonchev–Trinajstić information content (AvgIpc) is 2.42. The van der Waals surface area contributed by atoms with E-state index in [4.69, 9.17) is 14.2 Å². The molecule has 0 saturated carbocycles. The normalized spacial score (nSPS) is 12.2. The number of hydrogen-bond donors (Lipinski definition) is 1. The van der Waals surface area contributed by atoms with Crippen molar-refractivity contribution in [3.05, 3.63) is 23.8 Å². The van der Waals surface area contributed by atoms with Crippen LogP contribution < -0.4 is 14.8 Å². The SMILES string of the molecule is CNC(C)c1ccc(OCCCOC)c(OC)c1. The molecule has 0 aliphatic heterocycles. The molecular formula is C14H23NO3. The fraction of sp³-hybridized carbons (Fsp3) is 0.571. The van der Waals surface area contributed by atoms with Crippen molar-refractivity contribution >= 4 is 0 Å². The van der Waals surface area contributed by atoms with E-state index in [2.05, 4.69) is 18.3 Å². The summed E-state index contributed by atoms with van der Waals surface area (Å²) in [5.41, 5.74) is 1.18. The Hall–Kier alpha value is -1.26. The molecule has 0 aliphatic rings. The highest BCUT2D eigenvalue weighted by Gasteiger charge is 2.09. The van der Waals surface area contributed by atoms with Gasteiger partial charge in [-0.05, 0) is 31.7 Å². The highest BCUT2D eigenvalue weighted by atomic mass is 16.5. The second-order valence-electron chi connectivity index (χ2n) is 4.12. The second-order valence-corrected chi connectivity index (χ2v) is 4.12. The lowest BCUT2D eigenvalue weighted by Crippen LogP contribution is -2.12. The third kappa shape index (κ3) is 4.20. The molecule has 0 spiro atoms. The molecule has 1 rings (SSSR count). The van der Waals surface area contributed by atoms with Gasteiger partial charge < -0.3 is 19.5 Å². The van der Waals surface area contributed by atoms with Crippen molar-refractivity contribution in [3.63, 3.8) is 0 Å². The summed E-state index contributed by atoms with van der Waals surface area (Å²) in [6, 6.07) is 6.30. The largest absolute Gasteiger partial charge is 0.493 e. The zero-order valence-corrected chi connectivity index (χ0v) is 11.7. The number of benzene rings is 1. The zero-order valence-electron chi connectivity index (χ0n) is 11.7. The smallest absolute Gasteiger partial charge is 0.161 e. The standard InChI is InChI=1S/C14H23NO3/c1-11(15-2)12-6-7-13(14(10-12)17-4)18-9-5-8-16-3/h6-7,10-11,15H,5,8-9H2,1-4H3. The fourth-order valence-electron chi connectivity index (χ4n) is 1.62. The first-order valence-electron chi connectivity index (χ1n) is 6.19. The summed E-state index contributed by atoms with van der Waals surface area (Å²) >= 11 is 0. The Morgan fingerprint density at radius 1 is 1.17 bits per heavy atom. The number of methoxy groups -OCH3 is 2. The third-order valence-corrected chi connectivity index (χ3v) is 2.87. The summed E-state index contributed by atoms with van der Waals surface area (Å²) in [5.74, 6) is 1.55. The van der Waals surface area contributed by atoms with Gasteiger partial charge in [0.05, 0.1) is 13.7 Å². The topological polar surface area (TPSA) is 39.7 Å². The lowest BCUT2D eigenvalue weighted by Gasteiger charge is -2.15. The molecule has 0 fully saturated rings. The summed E-state index contributed by atoms with van der Waals surface area (Å²) < 4.78 is 16.0. The highest BCUT2D eigenvalue weighted by Crippen LogP contribution is 2.30. The molecule has 0 saturated heterocycles.